The molecule has 5 rings (SSSR count). The molecule has 2 saturated heterocycles. The highest BCUT2D eigenvalue weighted by molar-refractivity contribution is 5.80. The van der Waals surface area contributed by atoms with Crippen LogP contribution in [0.25, 0.3) is 11.1 Å². The Kier molecular flexibility index (Phi) is 4.09. The molecule has 1 amide bonds. The van der Waals surface area contributed by atoms with Crippen molar-refractivity contribution in [3.05, 3.63) is 58.7 Å². The van der Waals surface area contributed by atoms with E-state index in [2.05, 4.69) is 16.0 Å². The van der Waals surface area contributed by atoms with Crippen LogP contribution in [0.15, 0.2) is 51.8 Å². The Morgan fingerprint density at radius 2 is 2.10 bits per heavy atom. The summed E-state index contributed by atoms with van der Waals surface area (Å²) in [5.74, 6) is 0.628. The van der Waals surface area contributed by atoms with Crippen molar-refractivity contribution in [2.75, 3.05) is 24.5 Å². The molecule has 1 aromatic carbocycles. The lowest BCUT2D eigenvalue weighted by Gasteiger charge is -2.25. The number of para-hydroxylation sites is 2. The number of nitriles is 1. The van der Waals surface area contributed by atoms with Gasteiger partial charge in [0.25, 0.3) is 0 Å². The van der Waals surface area contributed by atoms with E-state index in [9.17, 15) is 9.59 Å². The van der Waals surface area contributed by atoms with Crippen LogP contribution in [0.1, 0.15) is 12.0 Å². The van der Waals surface area contributed by atoms with Gasteiger partial charge in [0.15, 0.2) is 5.58 Å². The van der Waals surface area contributed by atoms with Crippen molar-refractivity contribution in [3.63, 3.8) is 0 Å². The van der Waals surface area contributed by atoms with Crippen LogP contribution < -0.4 is 10.7 Å². The number of benzene rings is 1. The predicted octanol–water partition coefficient (Wildman–Crippen LogP) is 1.60. The van der Waals surface area contributed by atoms with E-state index in [1.54, 1.807) is 30.5 Å². The van der Waals surface area contributed by atoms with Crippen molar-refractivity contribution in [3.8, 4) is 6.07 Å². The zero-order valence-corrected chi connectivity index (χ0v) is 15.7. The minimum atomic E-state index is -0.509. The predicted molar refractivity (Wildman–Crippen MR) is 105 cm³/mol. The highest BCUT2D eigenvalue weighted by atomic mass is 16.4. The molecule has 2 fully saturated rings. The lowest BCUT2D eigenvalue weighted by atomic mass is 10.1. The second-order valence-electron chi connectivity index (χ2n) is 7.55. The number of fused-ring (bicyclic) bond motifs is 2. The number of hydrogen-bond donors (Lipinski definition) is 0. The summed E-state index contributed by atoms with van der Waals surface area (Å²) in [5.41, 5.74) is 1.66. The molecule has 0 aliphatic carbocycles. The molecule has 2 atom stereocenters. The average Bonchev–Trinajstić information content (AvgIpc) is 3.41. The molecule has 0 saturated carbocycles. The van der Waals surface area contributed by atoms with Gasteiger partial charge in [-0.15, -0.1) is 0 Å². The van der Waals surface area contributed by atoms with Gasteiger partial charge < -0.3 is 14.2 Å². The number of carbonyl (C=O) groups excluding carboxylic acids is 1. The number of amides is 1. The molecule has 2 unspecified atom stereocenters. The first-order chi connectivity index (χ1) is 14.1. The van der Waals surface area contributed by atoms with E-state index in [1.807, 2.05) is 17.0 Å². The largest absolute Gasteiger partial charge is 0.420 e. The van der Waals surface area contributed by atoms with Crippen molar-refractivity contribution in [2.45, 2.75) is 19.0 Å². The number of oxazole rings is 1. The van der Waals surface area contributed by atoms with Crippen LogP contribution in [-0.4, -0.2) is 46.0 Å². The zero-order valence-electron chi connectivity index (χ0n) is 15.7. The Morgan fingerprint density at radius 3 is 2.90 bits per heavy atom. The highest BCUT2D eigenvalue weighted by Crippen LogP contribution is 2.33. The van der Waals surface area contributed by atoms with Gasteiger partial charge in [-0.05, 0) is 30.7 Å². The Balaban J connectivity index is 1.33. The summed E-state index contributed by atoms with van der Waals surface area (Å²) in [4.78, 5) is 33.7. The molecule has 0 bridgehead atoms. The number of carbonyl (C=O) groups is 1. The smallest absolute Gasteiger partial charge is 0.408 e. The Labute approximate surface area is 166 Å². The highest BCUT2D eigenvalue weighted by Gasteiger charge is 2.43. The monoisotopic (exact) mass is 389 g/mol. The third-order valence-corrected chi connectivity index (χ3v) is 5.94. The molecular weight excluding hydrogens is 370 g/mol. The van der Waals surface area contributed by atoms with Gasteiger partial charge in [0.05, 0.1) is 17.1 Å². The molecule has 8 nitrogen and oxygen atoms in total. The van der Waals surface area contributed by atoms with E-state index in [1.165, 1.54) is 4.57 Å². The first kappa shape index (κ1) is 17.5. The van der Waals surface area contributed by atoms with Crippen LogP contribution in [0.5, 0.6) is 0 Å². The molecule has 8 heteroatoms. The normalized spacial score (nSPS) is 20.8. The Morgan fingerprint density at radius 1 is 1.24 bits per heavy atom. The molecule has 0 radical (unpaired) electrons. The van der Waals surface area contributed by atoms with Crippen LogP contribution in [0.3, 0.4) is 0 Å². The van der Waals surface area contributed by atoms with Gasteiger partial charge in [-0.2, -0.15) is 5.26 Å². The van der Waals surface area contributed by atoms with Crippen LogP contribution in [-0.2, 0) is 11.3 Å². The molecule has 2 aromatic heterocycles. The minimum Gasteiger partial charge on any atom is -0.408 e. The van der Waals surface area contributed by atoms with E-state index in [0.29, 0.717) is 35.7 Å². The number of hydrogen-bond acceptors (Lipinski definition) is 6. The Hall–Kier alpha value is -3.60. The third-order valence-electron chi connectivity index (χ3n) is 5.94. The lowest BCUT2D eigenvalue weighted by molar-refractivity contribution is -0.132. The van der Waals surface area contributed by atoms with Gasteiger partial charge in [-0.3, -0.25) is 9.36 Å². The summed E-state index contributed by atoms with van der Waals surface area (Å²) >= 11 is 0. The summed E-state index contributed by atoms with van der Waals surface area (Å²) in [6, 6.07) is 12.9. The van der Waals surface area contributed by atoms with Gasteiger partial charge >= 0.3 is 5.76 Å². The fourth-order valence-corrected chi connectivity index (χ4v) is 4.49. The van der Waals surface area contributed by atoms with Crippen LogP contribution >= 0.6 is 0 Å². The van der Waals surface area contributed by atoms with Gasteiger partial charge in [-0.25, -0.2) is 9.78 Å². The molecule has 3 aromatic rings. The molecule has 0 N–H and O–H groups in total. The number of rotatable bonds is 3. The zero-order chi connectivity index (χ0) is 20.0. The van der Waals surface area contributed by atoms with Gasteiger partial charge in [-0.1, -0.05) is 12.1 Å². The summed E-state index contributed by atoms with van der Waals surface area (Å²) in [7, 11) is 0. The quantitative estimate of drug-likeness (QED) is 0.675. The van der Waals surface area contributed by atoms with Crippen LogP contribution in [0.2, 0.25) is 0 Å². The maximum atomic E-state index is 13.0. The summed E-state index contributed by atoms with van der Waals surface area (Å²) in [6.07, 6.45) is 2.51. The molecule has 4 heterocycles. The second-order valence-corrected chi connectivity index (χ2v) is 7.55. The maximum Gasteiger partial charge on any atom is 0.420 e. The van der Waals surface area contributed by atoms with E-state index in [4.69, 9.17) is 9.68 Å². The van der Waals surface area contributed by atoms with E-state index in [0.717, 1.165) is 18.8 Å². The number of nitrogens with zero attached hydrogens (tertiary/aromatic N) is 5. The van der Waals surface area contributed by atoms with E-state index in [-0.39, 0.29) is 18.5 Å². The number of aromatic nitrogens is 2. The molecule has 2 aliphatic heterocycles. The molecule has 0 spiro atoms. The van der Waals surface area contributed by atoms with E-state index < -0.39 is 5.76 Å². The SMILES string of the molecule is N#Cc1ccc(N2CC3CCN(C(=O)Cn4c(=O)oc5ccccc54)C3C2)nc1. The standard InChI is InChI=1S/C21H19N5O3/c22-9-14-5-6-19(23-10-14)24-11-15-7-8-25(17(15)12-24)20(27)13-26-16-3-1-2-4-18(16)29-21(26)28/h1-6,10,15,17H,7-8,11-13H2. The topological polar surface area (TPSA) is 95.4 Å². The van der Waals surface area contributed by atoms with Gasteiger partial charge in [0, 0.05) is 31.7 Å². The van der Waals surface area contributed by atoms with Gasteiger partial charge in [0.2, 0.25) is 5.91 Å². The first-order valence-electron chi connectivity index (χ1n) is 9.63. The molecule has 29 heavy (non-hydrogen) atoms. The lowest BCUT2D eigenvalue weighted by Crippen LogP contribution is -2.42. The van der Waals surface area contributed by atoms with Crippen molar-refractivity contribution < 1.29 is 9.21 Å². The third kappa shape index (κ3) is 2.95. The fourth-order valence-electron chi connectivity index (χ4n) is 4.49. The van der Waals surface area contributed by atoms with Crippen LogP contribution in [0.4, 0.5) is 5.82 Å². The maximum absolute atomic E-state index is 13.0. The summed E-state index contributed by atoms with van der Waals surface area (Å²) in [5, 5.41) is 8.93. The average molecular weight is 389 g/mol. The fraction of sp³-hybridized carbons (Fsp3) is 0.333. The van der Waals surface area contributed by atoms with E-state index >= 15 is 0 Å². The molecular formula is C21H19N5O3. The molecule has 146 valence electrons. The summed E-state index contributed by atoms with van der Waals surface area (Å²) in [6.45, 7) is 2.22. The van der Waals surface area contributed by atoms with Crippen molar-refractivity contribution in [1.82, 2.24) is 14.5 Å². The first-order valence-corrected chi connectivity index (χ1v) is 9.63. The van der Waals surface area contributed by atoms with Crippen molar-refractivity contribution in [1.29, 1.82) is 5.26 Å². The van der Waals surface area contributed by atoms with Gasteiger partial charge in [0.1, 0.15) is 18.4 Å². The van der Waals surface area contributed by atoms with Crippen LogP contribution in [0, 0.1) is 17.2 Å². The number of anilines is 1. The van der Waals surface area contributed by atoms with Crippen molar-refractivity contribution >= 4 is 22.8 Å². The summed E-state index contributed by atoms with van der Waals surface area (Å²) < 4.78 is 6.64. The second kappa shape index (κ2) is 6.78. The number of likely N-dealkylation sites (tertiary alicyclic amines) is 1. The minimum absolute atomic E-state index is 0.0197. The molecule has 2 aliphatic rings. The van der Waals surface area contributed by atoms with Crippen molar-refractivity contribution in [2.24, 2.45) is 5.92 Å². The number of pyridine rings is 1. The Bertz CT molecular complexity index is 1170.